The van der Waals surface area contributed by atoms with Crippen molar-refractivity contribution in [2.45, 2.75) is 50.0 Å². The summed E-state index contributed by atoms with van der Waals surface area (Å²) < 4.78 is 0. The first-order valence-electron chi connectivity index (χ1n) is 6.03. The van der Waals surface area contributed by atoms with Gasteiger partial charge in [-0.15, -0.1) is 0 Å². The van der Waals surface area contributed by atoms with Crippen molar-refractivity contribution in [3.63, 3.8) is 0 Å². The van der Waals surface area contributed by atoms with Crippen LogP contribution in [0.4, 0.5) is 0 Å². The maximum atomic E-state index is 11.1. The smallest absolute Gasteiger partial charge is 0.307 e. The Morgan fingerprint density at radius 2 is 2.19 bits per heavy atom. The van der Waals surface area contributed by atoms with E-state index in [0.717, 1.165) is 25.7 Å². The summed E-state index contributed by atoms with van der Waals surface area (Å²) >= 11 is 1.74. The van der Waals surface area contributed by atoms with E-state index in [0.29, 0.717) is 11.2 Å². The van der Waals surface area contributed by atoms with Crippen molar-refractivity contribution in [1.82, 2.24) is 0 Å². The maximum absolute atomic E-state index is 11.1. The van der Waals surface area contributed by atoms with Crippen LogP contribution in [0.2, 0.25) is 0 Å². The Kier molecular flexibility index (Phi) is 5.62. The van der Waals surface area contributed by atoms with Crippen molar-refractivity contribution in [3.05, 3.63) is 0 Å². The first-order valence-corrected chi connectivity index (χ1v) is 6.98. The lowest BCUT2D eigenvalue weighted by atomic mass is 9.82. The quantitative estimate of drug-likeness (QED) is 0.782. The lowest BCUT2D eigenvalue weighted by Gasteiger charge is -2.33. The van der Waals surface area contributed by atoms with E-state index in [1.165, 1.54) is 0 Å². The molecule has 2 N–H and O–H groups in total. The minimum atomic E-state index is -0.652. The van der Waals surface area contributed by atoms with Gasteiger partial charge in [0, 0.05) is 17.1 Å². The van der Waals surface area contributed by atoms with Gasteiger partial charge in [-0.25, -0.2) is 0 Å². The average molecular weight is 246 g/mol. The molecule has 94 valence electrons. The minimum absolute atomic E-state index is 0.189. The molecule has 0 aromatic heterocycles. The molecule has 3 nitrogen and oxygen atoms in total. The monoisotopic (exact) mass is 246 g/mol. The number of aliphatic hydroxyl groups excluding tert-OH is 1. The fraction of sp³-hybridized carbons (Fsp3) is 0.917. The molecule has 0 aliphatic heterocycles. The zero-order chi connectivity index (χ0) is 12.1. The molecule has 0 aromatic carbocycles. The molecular formula is C12H22O3S. The Morgan fingerprint density at radius 3 is 2.75 bits per heavy atom. The first-order chi connectivity index (χ1) is 7.54. The van der Waals surface area contributed by atoms with E-state index in [9.17, 15) is 9.90 Å². The van der Waals surface area contributed by atoms with Gasteiger partial charge in [-0.3, -0.25) is 4.79 Å². The van der Waals surface area contributed by atoms with Gasteiger partial charge in [-0.05, 0) is 31.6 Å². The van der Waals surface area contributed by atoms with Gasteiger partial charge >= 0.3 is 5.97 Å². The second-order valence-corrected chi connectivity index (χ2v) is 6.54. The second-order valence-electron chi connectivity index (χ2n) is 4.86. The lowest BCUT2D eigenvalue weighted by Crippen LogP contribution is -2.33. The summed E-state index contributed by atoms with van der Waals surface area (Å²) in [5.74, 6) is -0.211. The third kappa shape index (κ3) is 3.98. The summed E-state index contributed by atoms with van der Waals surface area (Å²) in [6, 6.07) is 0. The Labute approximate surface area is 102 Å². The predicted molar refractivity (Wildman–Crippen MR) is 66.7 cm³/mol. The number of carboxylic acid groups (broad SMARTS) is 1. The summed E-state index contributed by atoms with van der Waals surface area (Å²) in [5, 5.41) is 18.6. The van der Waals surface area contributed by atoms with Crippen LogP contribution in [0.25, 0.3) is 0 Å². The summed E-state index contributed by atoms with van der Waals surface area (Å²) in [6.45, 7) is 4.45. The van der Waals surface area contributed by atoms with Crippen molar-refractivity contribution in [3.8, 4) is 0 Å². The second kappa shape index (κ2) is 6.50. The normalized spacial score (nSPS) is 32.3. The van der Waals surface area contributed by atoms with E-state index < -0.39 is 5.97 Å². The number of hydrogen-bond acceptors (Lipinski definition) is 3. The number of hydrogen-bond donors (Lipinski definition) is 2. The van der Waals surface area contributed by atoms with Gasteiger partial charge in [-0.1, -0.05) is 13.8 Å². The van der Waals surface area contributed by atoms with Crippen molar-refractivity contribution in [1.29, 1.82) is 0 Å². The topological polar surface area (TPSA) is 57.5 Å². The molecule has 0 radical (unpaired) electrons. The molecule has 4 heteroatoms. The molecule has 0 bridgehead atoms. The largest absolute Gasteiger partial charge is 0.481 e. The molecule has 4 atom stereocenters. The molecule has 0 amide bonds. The highest BCUT2D eigenvalue weighted by Crippen LogP contribution is 2.38. The molecule has 1 saturated carbocycles. The van der Waals surface area contributed by atoms with Crippen molar-refractivity contribution >= 4 is 17.7 Å². The zero-order valence-electron chi connectivity index (χ0n) is 10.1. The number of aliphatic carboxylic acids is 1. The van der Waals surface area contributed by atoms with Crippen molar-refractivity contribution in [2.75, 3.05) is 6.61 Å². The zero-order valence-corrected chi connectivity index (χ0v) is 10.9. The van der Waals surface area contributed by atoms with Crippen LogP contribution in [0.1, 0.15) is 39.5 Å². The summed E-state index contributed by atoms with van der Waals surface area (Å²) in [4.78, 5) is 11.1. The van der Waals surface area contributed by atoms with Gasteiger partial charge in [0.1, 0.15) is 0 Å². The van der Waals surface area contributed by atoms with Crippen molar-refractivity contribution < 1.29 is 15.0 Å². The van der Waals surface area contributed by atoms with Gasteiger partial charge in [-0.2, -0.15) is 11.8 Å². The number of carboxylic acids is 1. The predicted octanol–water partition coefficient (Wildman–Crippen LogP) is 2.38. The number of thioether (sulfide) groups is 1. The Morgan fingerprint density at radius 1 is 1.50 bits per heavy atom. The molecule has 1 fully saturated rings. The molecule has 0 heterocycles. The van der Waals surface area contributed by atoms with Crippen LogP contribution < -0.4 is 0 Å². The molecule has 0 spiro atoms. The highest BCUT2D eigenvalue weighted by molar-refractivity contribution is 8.00. The van der Waals surface area contributed by atoms with Gasteiger partial charge in [0.2, 0.25) is 0 Å². The van der Waals surface area contributed by atoms with E-state index in [1.807, 2.05) is 0 Å². The summed E-state index contributed by atoms with van der Waals surface area (Å²) in [6.07, 6.45) is 3.59. The molecule has 0 saturated heterocycles. The highest BCUT2D eigenvalue weighted by atomic mass is 32.2. The van der Waals surface area contributed by atoms with E-state index in [4.69, 9.17) is 5.11 Å². The molecule has 1 aliphatic rings. The first kappa shape index (κ1) is 13.8. The van der Waals surface area contributed by atoms with Crippen LogP contribution in [0.15, 0.2) is 0 Å². The van der Waals surface area contributed by atoms with Crippen LogP contribution in [-0.4, -0.2) is 33.3 Å². The third-order valence-corrected chi connectivity index (χ3v) is 4.88. The fourth-order valence-corrected chi connectivity index (χ4v) is 4.03. The van der Waals surface area contributed by atoms with Crippen LogP contribution in [0, 0.1) is 11.8 Å². The van der Waals surface area contributed by atoms with Crippen LogP contribution >= 0.6 is 11.8 Å². The van der Waals surface area contributed by atoms with Crippen molar-refractivity contribution in [2.24, 2.45) is 11.8 Å². The van der Waals surface area contributed by atoms with E-state index in [2.05, 4.69) is 13.8 Å². The maximum Gasteiger partial charge on any atom is 0.307 e. The molecule has 16 heavy (non-hydrogen) atoms. The van der Waals surface area contributed by atoms with Crippen LogP contribution in [0.3, 0.4) is 0 Å². The molecule has 1 aliphatic carbocycles. The Hall–Kier alpha value is -0.220. The molecule has 4 unspecified atom stereocenters. The Balaban J connectivity index is 2.53. The van der Waals surface area contributed by atoms with Crippen LogP contribution in [-0.2, 0) is 4.79 Å². The number of aliphatic hydroxyl groups is 1. The fourth-order valence-electron chi connectivity index (χ4n) is 2.31. The van der Waals surface area contributed by atoms with Gasteiger partial charge in [0.15, 0.2) is 0 Å². The molecule has 0 aromatic rings. The minimum Gasteiger partial charge on any atom is -0.481 e. The van der Waals surface area contributed by atoms with Gasteiger partial charge in [0.05, 0.1) is 5.92 Å². The van der Waals surface area contributed by atoms with Crippen LogP contribution in [0.5, 0.6) is 0 Å². The Bertz CT molecular complexity index is 232. The average Bonchev–Trinajstić information content (AvgIpc) is 2.17. The van der Waals surface area contributed by atoms with E-state index in [-0.39, 0.29) is 17.8 Å². The summed E-state index contributed by atoms with van der Waals surface area (Å²) in [5.41, 5.74) is 0. The van der Waals surface area contributed by atoms with E-state index >= 15 is 0 Å². The highest BCUT2D eigenvalue weighted by Gasteiger charge is 2.34. The number of carbonyl (C=O) groups is 1. The third-order valence-electron chi connectivity index (χ3n) is 3.31. The van der Waals surface area contributed by atoms with Gasteiger partial charge in [0.25, 0.3) is 0 Å². The molecule has 1 rings (SSSR count). The van der Waals surface area contributed by atoms with Gasteiger partial charge < -0.3 is 10.2 Å². The summed E-state index contributed by atoms with van der Waals surface area (Å²) in [7, 11) is 0. The standard InChI is InChI=1S/C12H22O3S/c1-8-3-4-10(12(14)15)11(7-8)16-9(2)5-6-13/h8-11,13H,3-7H2,1-2H3,(H,14,15). The van der Waals surface area contributed by atoms with E-state index in [1.54, 1.807) is 11.8 Å². The lowest BCUT2D eigenvalue weighted by molar-refractivity contribution is -0.142. The number of rotatable bonds is 5. The SMILES string of the molecule is CC1CCC(C(=O)O)C(SC(C)CCO)C1. The molecular weight excluding hydrogens is 224 g/mol.